The Bertz CT molecular complexity index is 708. The minimum absolute atomic E-state index is 0.366. The van der Waals surface area contributed by atoms with E-state index in [0.29, 0.717) is 4.83 Å². The van der Waals surface area contributed by atoms with E-state index in [2.05, 4.69) is 89.1 Å². The molecule has 1 atom stereocenters. The van der Waals surface area contributed by atoms with Crippen molar-refractivity contribution < 1.29 is 0 Å². The zero-order chi connectivity index (χ0) is 13.4. The van der Waals surface area contributed by atoms with Gasteiger partial charge in [-0.25, -0.2) is 0 Å². The number of hydrogen-bond donors (Lipinski definition) is 0. The van der Waals surface area contributed by atoms with Gasteiger partial charge in [0.25, 0.3) is 0 Å². The van der Waals surface area contributed by atoms with Crippen LogP contribution >= 0.6 is 15.9 Å². The van der Waals surface area contributed by atoms with E-state index in [9.17, 15) is 0 Å². The molecule has 0 saturated heterocycles. The smallest absolute Gasteiger partial charge is 0.0531 e. The van der Waals surface area contributed by atoms with Gasteiger partial charge in [0.15, 0.2) is 0 Å². The van der Waals surface area contributed by atoms with Crippen LogP contribution in [0.5, 0.6) is 0 Å². The van der Waals surface area contributed by atoms with Gasteiger partial charge in [0.05, 0.1) is 5.52 Å². The summed E-state index contributed by atoms with van der Waals surface area (Å²) in [5, 5.41) is 1.31. The number of halogens is 1. The SMILES string of the molecule is Cc1ccc(-n2ccc3c(C(C)Br)cccc32)cc1. The highest BCUT2D eigenvalue weighted by atomic mass is 79.9. The van der Waals surface area contributed by atoms with Crippen molar-refractivity contribution in [1.29, 1.82) is 0 Å². The molecule has 0 N–H and O–H groups in total. The van der Waals surface area contributed by atoms with Crippen molar-refractivity contribution in [2.75, 3.05) is 0 Å². The third-order valence-corrected chi connectivity index (χ3v) is 4.00. The van der Waals surface area contributed by atoms with E-state index in [1.54, 1.807) is 0 Å². The van der Waals surface area contributed by atoms with E-state index in [1.807, 2.05) is 0 Å². The number of alkyl halides is 1. The van der Waals surface area contributed by atoms with Gasteiger partial charge < -0.3 is 4.57 Å². The molecule has 0 bridgehead atoms. The number of nitrogens with zero attached hydrogens (tertiary/aromatic N) is 1. The van der Waals surface area contributed by atoms with Crippen LogP contribution in [0.25, 0.3) is 16.6 Å². The lowest BCUT2D eigenvalue weighted by atomic mass is 10.1. The molecule has 2 heteroatoms. The summed E-state index contributed by atoms with van der Waals surface area (Å²) >= 11 is 3.67. The van der Waals surface area contributed by atoms with Crippen LogP contribution in [0.4, 0.5) is 0 Å². The molecule has 0 aliphatic carbocycles. The Labute approximate surface area is 122 Å². The number of fused-ring (bicyclic) bond motifs is 1. The van der Waals surface area contributed by atoms with Crippen molar-refractivity contribution in [1.82, 2.24) is 4.57 Å². The summed E-state index contributed by atoms with van der Waals surface area (Å²) in [6.45, 7) is 4.28. The van der Waals surface area contributed by atoms with E-state index in [1.165, 1.54) is 27.7 Å². The van der Waals surface area contributed by atoms with Crippen LogP contribution in [0.2, 0.25) is 0 Å². The van der Waals surface area contributed by atoms with Crippen molar-refractivity contribution >= 4 is 26.8 Å². The zero-order valence-corrected chi connectivity index (χ0v) is 12.7. The van der Waals surface area contributed by atoms with Crippen molar-refractivity contribution in [3.63, 3.8) is 0 Å². The molecule has 0 aliphatic heterocycles. The van der Waals surface area contributed by atoms with Crippen LogP contribution in [-0.4, -0.2) is 4.57 Å². The summed E-state index contributed by atoms with van der Waals surface area (Å²) in [6.07, 6.45) is 2.15. The number of hydrogen-bond acceptors (Lipinski definition) is 0. The molecule has 0 spiro atoms. The first-order valence-corrected chi connectivity index (χ1v) is 7.39. The Kier molecular flexibility index (Phi) is 3.19. The molecule has 0 radical (unpaired) electrons. The third kappa shape index (κ3) is 2.21. The average Bonchev–Trinajstić information content (AvgIpc) is 2.83. The Morgan fingerprint density at radius 2 is 1.74 bits per heavy atom. The second kappa shape index (κ2) is 4.86. The van der Waals surface area contributed by atoms with E-state index in [4.69, 9.17) is 0 Å². The first-order valence-electron chi connectivity index (χ1n) is 6.48. The summed E-state index contributed by atoms with van der Waals surface area (Å²) in [5.74, 6) is 0. The summed E-state index contributed by atoms with van der Waals surface area (Å²) in [7, 11) is 0. The molecule has 1 unspecified atom stereocenters. The van der Waals surface area contributed by atoms with Crippen LogP contribution in [0.3, 0.4) is 0 Å². The number of rotatable bonds is 2. The summed E-state index contributed by atoms with van der Waals surface area (Å²) in [4.78, 5) is 0.366. The first kappa shape index (κ1) is 12.5. The molecular weight excluding hydrogens is 298 g/mol. The minimum atomic E-state index is 0.366. The van der Waals surface area contributed by atoms with Gasteiger partial charge in [-0.15, -0.1) is 0 Å². The Morgan fingerprint density at radius 3 is 2.42 bits per heavy atom. The van der Waals surface area contributed by atoms with Crippen molar-refractivity contribution in [2.45, 2.75) is 18.7 Å². The average molecular weight is 314 g/mol. The number of aryl methyl sites for hydroxylation is 1. The fourth-order valence-corrected chi connectivity index (χ4v) is 2.87. The highest BCUT2D eigenvalue weighted by Gasteiger charge is 2.09. The molecule has 0 amide bonds. The fourth-order valence-electron chi connectivity index (χ4n) is 2.47. The molecule has 0 fully saturated rings. The Hall–Kier alpha value is -1.54. The quantitative estimate of drug-likeness (QED) is 0.559. The van der Waals surface area contributed by atoms with Gasteiger partial charge in [0, 0.05) is 22.1 Å². The van der Waals surface area contributed by atoms with Crippen molar-refractivity contribution in [3.05, 3.63) is 65.9 Å². The molecule has 1 heterocycles. The maximum atomic E-state index is 3.67. The lowest BCUT2D eigenvalue weighted by Crippen LogP contribution is -1.92. The van der Waals surface area contributed by atoms with E-state index in [-0.39, 0.29) is 0 Å². The number of aromatic nitrogens is 1. The Morgan fingerprint density at radius 1 is 1.00 bits per heavy atom. The van der Waals surface area contributed by atoms with Crippen molar-refractivity contribution in [2.24, 2.45) is 0 Å². The molecule has 1 nitrogen and oxygen atoms in total. The van der Waals surface area contributed by atoms with Gasteiger partial charge in [-0.3, -0.25) is 0 Å². The predicted molar refractivity (Wildman–Crippen MR) is 85.4 cm³/mol. The lowest BCUT2D eigenvalue weighted by Gasteiger charge is -2.09. The highest BCUT2D eigenvalue weighted by Crippen LogP contribution is 2.31. The highest BCUT2D eigenvalue weighted by molar-refractivity contribution is 9.09. The van der Waals surface area contributed by atoms with Crippen LogP contribution < -0.4 is 0 Å². The molecule has 3 aromatic rings. The third-order valence-electron chi connectivity index (χ3n) is 3.51. The largest absolute Gasteiger partial charge is 0.317 e. The van der Waals surface area contributed by atoms with Gasteiger partial charge in [-0.05, 0) is 43.7 Å². The fraction of sp³-hybridized carbons (Fsp3) is 0.176. The molecule has 19 heavy (non-hydrogen) atoms. The molecule has 1 aromatic heterocycles. The topological polar surface area (TPSA) is 4.93 Å². The van der Waals surface area contributed by atoms with Crippen LogP contribution in [-0.2, 0) is 0 Å². The minimum Gasteiger partial charge on any atom is -0.317 e. The monoisotopic (exact) mass is 313 g/mol. The normalized spacial score (nSPS) is 12.8. The lowest BCUT2D eigenvalue weighted by molar-refractivity contribution is 1.12. The van der Waals surface area contributed by atoms with Crippen LogP contribution in [0.1, 0.15) is 22.9 Å². The summed E-state index contributed by atoms with van der Waals surface area (Å²) in [5.41, 5.74) is 5.09. The molecule has 2 aromatic carbocycles. The van der Waals surface area contributed by atoms with Gasteiger partial charge >= 0.3 is 0 Å². The summed E-state index contributed by atoms with van der Waals surface area (Å²) in [6, 6.07) is 17.3. The van der Waals surface area contributed by atoms with Gasteiger partial charge in [-0.2, -0.15) is 0 Å². The van der Waals surface area contributed by atoms with E-state index >= 15 is 0 Å². The maximum absolute atomic E-state index is 3.67. The maximum Gasteiger partial charge on any atom is 0.0531 e. The molecule has 0 saturated carbocycles. The zero-order valence-electron chi connectivity index (χ0n) is 11.1. The van der Waals surface area contributed by atoms with Crippen molar-refractivity contribution in [3.8, 4) is 5.69 Å². The van der Waals surface area contributed by atoms with E-state index in [0.717, 1.165) is 0 Å². The predicted octanol–water partition coefficient (Wildman–Crippen LogP) is 5.39. The second-order valence-corrected chi connectivity index (χ2v) is 6.29. The Balaban J connectivity index is 2.21. The standard InChI is InChI=1S/C17H16BrN/c1-12-6-8-14(9-7-12)19-11-10-16-15(13(2)18)4-3-5-17(16)19/h3-11,13H,1-2H3. The molecule has 3 rings (SSSR count). The number of benzene rings is 2. The molecular formula is C17H16BrN. The molecule has 96 valence electrons. The van der Waals surface area contributed by atoms with Crippen LogP contribution in [0.15, 0.2) is 54.7 Å². The van der Waals surface area contributed by atoms with E-state index < -0.39 is 0 Å². The van der Waals surface area contributed by atoms with Gasteiger partial charge in [-0.1, -0.05) is 45.8 Å². The van der Waals surface area contributed by atoms with Crippen LogP contribution in [0, 0.1) is 6.92 Å². The first-order chi connectivity index (χ1) is 9.16. The van der Waals surface area contributed by atoms with Gasteiger partial charge in [0.2, 0.25) is 0 Å². The summed E-state index contributed by atoms with van der Waals surface area (Å²) < 4.78 is 2.24. The molecule has 0 aliphatic rings. The second-order valence-electron chi connectivity index (χ2n) is 4.92. The van der Waals surface area contributed by atoms with Gasteiger partial charge in [0.1, 0.15) is 0 Å².